The highest BCUT2D eigenvalue weighted by Crippen LogP contribution is 2.23. The molecular formula is C14H16ClN3O2. The Morgan fingerprint density at radius 1 is 1.10 bits per heavy atom. The minimum absolute atomic E-state index is 0.510. The average Bonchev–Trinajstić information content (AvgIpc) is 2.47. The Morgan fingerprint density at radius 3 is 2.40 bits per heavy atom. The number of hydrogen-bond donors (Lipinski definition) is 1. The molecule has 1 aromatic carbocycles. The Morgan fingerprint density at radius 2 is 1.80 bits per heavy atom. The lowest BCUT2D eigenvalue weighted by Crippen LogP contribution is -2.15. The van der Waals surface area contributed by atoms with Gasteiger partial charge in [0, 0.05) is 18.1 Å². The summed E-state index contributed by atoms with van der Waals surface area (Å²) < 4.78 is 10.4. The van der Waals surface area contributed by atoms with Crippen LogP contribution < -0.4 is 14.8 Å². The van der Waals surface area contributed by atoms with Crippen molar-refractivity contribution in [2.24, 2.45) is 0 Å². The second-order valence-electron chi connectivity index (χ2n) is 4.10. The van der Waals surface area contributed by atoms with Crippen LogP contribution in [0.15, 0.2) is 30.6 Å². The van der Waals surface area contributed by atoms with E-state index in [0.29, 0.717) is 24.8 Å². The van der Waals surface area contributed by atoms with Crippen LogP contribution in [0, 0.1) is 0 Å². The van der Waals surface area contributed by atoms with Crippen molar-refractivity contribution in [3.05, 3.63) is 46.7 Å². The maximum absolute atomic E-state index is 5.95. The van der Waals surface area contributed by atoms with Crippen LogP contribution in [0.4, 0.5) is 0 Å². The van der Waals surface area contributed by atoms with Gasteiger partial charge < -0.3 is 14.8 Å². The molecule has 0 aliphatic carbocycles. The summed E-state index contributed by atoms with van der Waals surface area (Å²) >= 11 is 5.95. The molecule has 0 aliphatic rings. The number of nitrogens with one attached hydrogen (secondary N) is 1. The van der Waals surface area contributed by atoms with Crippen molar-refractivity contribution in [1.29, 1.82) is 0 Å². The second-order valence-corrected chi connectivity index (χ2v) is 4.54. The van der Waals surface area contributed by atoms with E-state index in [4.69, 9.17) is 21.1 Å². The summed E-state index contributed by atoms with van der Waals surface area (Å²) in [6.45, 7) is 1.22. The number of aromatic nitrogens is 2. The minimum atomic E-state index is 0.510. The molecular weight excluding hydrogens is 278 g/mol. The molecule has 6 heteroatoms. The normalized spacial score (nSPS) is 10.3. The molecule has 0 atom stereocenters. The molecule has 0 unspecified atom stereocenters. The lowest BCUT2D eigenvalue weighted by Gasteiger charge is -2.11. The third kappa shape index (κ3) is 3.59. The van der Waals surface area contributed by atoms with Gasteiger partial charge in [-0.3, -0.25) is 0 Å². The summed E-state index contributed by atoms with van der Waals surface area (Å²) in [6, 6.07) is 7.70. The zero-order chi connectivity index (χ0) is 14.4. The number of methoxy groups -OCH3 is 2. The number of rotatable bonds is 6. The maximum atomic E-state index is 5.95. The van der Waals surface area contributed by atoms with Gasteiger partial charge in [0.2, 0.25) is 11.8 Å². The van der Waals surface area contributed by atoms with E-state index in [1.165, 1.54) is 6.33 Å². The molecule has 106 valence electrons. The lowest BCUT2D eigenvalue weighted by atomic mass is 10.2. The summed E-state index contributed by atoms with van der Waals surface area (Å²) in [5.41, 5.74) is 1.90. The van der Waals surface area contributed by atoms with Crippen LogP contribution >= 0.6 is 11.6 Å². The fraction of sp³-hybridized carbons (Fsp3) is 0.286. The Balaban J connectivity index is 2.03. The number of ether oxygens (including phenoxy) is 2. The van der Waals surface area contributed by atoms with E-state index in [9.17, 15) is 0 Å². The zero-order valence-electron chi connectivity index (χ0n) is 11.4. The quantitative estimate of drug-likeness (QED) is 0.886. The van der Waals surface area contributed by atoms with E-state index < -0.39 is 0 Å². The average molecular weight is 294 g/mol. The number of benzene rings is 1. The molecule has 0 aliphatic heterocycles. The second kappa shape index (κ2) is 7.07. The predicted molar refractivity (Wildman–Crippen MR) is 77.1 cm³/mol. The van der Waals surface area contributed by atoms with Gasteiger partial charge in [0.15, 0.2) is 0 Å². The fourth-order valence-corrected chi connectivity index (χ4v) is 2.08. The largest absolute Gasteiger partial charge is 0.481 e. The first-order valence-electron chi connectivity index (χ1n) is 6.11. The number of halogens is 1. The van der Waals surface area contributed by atoms with Crippen LogP contribution in [0.3, 0.4) is 0 Å². The molecule has 0 fully saturated rings. The van der Waals surface area contributed by atoms with Crippen LogP contribution in [-0.2, 0) is 13.1 Å². The van der Waals surface area contributed by atoms with E-state index in [2.05, 4.69) is 15.3 Å². The van der Waals surface area contributed by atoms with Gasteiger partial charge in [0.1, 0.15) is 6.33 Å². The van der Waals surface area contributed by atoms with E-state index in [1.807, 2.05) is 24.3 Å². The SMILES string of the molecule is COc1ncnc(OC)c1CNCc1cccc(Cl)c1. The van der Waals surface area contributed by atoms with Crippen LogP contribution in [0.25, 0.3) is 0 Å². The third-order valence-corrected chi connectivity index (χ3v) is 3.01. The van der Waals surface area contributed by atoms with Crippen molar-refractivity contribution in [3.8, 4) is 11.8 Å². The minimum Gasteiger partial charge on any atom is -0.481 e. The molecule has 0 saturated heterocycles. The van der Waals surface area contributed by atoms with Gasteiger partial charge >= 0.3 is 0 Å². The van der Waals surface area contributed by atoms with Crippen LogP contribution in [0.1, 0.15) is 11.1 Å². The van der Waals surface area contributed by atoms with Crippen molar-refractivity contribution in [2.75, 3.05) is 14.2 Å². The summed E-state index contributed by atoms with van der Waals surface area (Å²) in [6.07, 6.45) is 1.41. The Labute approximate surface area is 122 Å². The van der Waals surface area contributed by atoms with Crippen molar-refractivity contribution in [1.82, 2.24) is 15.3 Å². The molecule has 0 spiro atoms. The van der Waals surface area contributed by atoms with E-state index >= 15 is 0 Å². The molecule has 5 nitrogen and oxygen atoms in total. The van der Waals surface area contributed by atoms with Crippen LogP contribution in [0.5, 0.6) is 11.8 Å². The monoisotopic (exact) mass is 293 g/mol. The van der Waals surface area contributed by atoms with Gasteiger partial charge in [-0.15, -0.1) is 0 Å². The number of hydrogen-bond acceptors (Lipinski definition) is 5. The highest BCUT2D eigenvalue weighted by molar-refractivity contribution is 6.30. The topological polar surface area (TPSA) is 56.3 Å². The van der Waals surface area contributed by atoms with Gasteiger partial charge in [-0.25, -0.2) is 9.97 Å². The Kier molecular flexibility index (Phi) is 5.15. The number of nitrogens with zero attached hydrogens (tertiary/aromatic N) is 2. The van der Waals surface area contributed by atoms with Crippen LogP contribution in [0.2, 0.25) is 5.02 Å². The first-order valence-corrected chi connectivity index (χ1v) is 6.49. The fourth-order valence-electron chi connectivity index (χ4n) is 1.86. The standard InChI is InChI=1S/C14H16ClN3O2/c1-19-13-12(14(20-2)18-9-17-13)8-16-7-10-4-3-5-11(15)6-10/h3-6,9,16H,7-8H2,1-2H3. The van der Waals surface area contributed by atoms with Gasteiger partial charge in [0.05, 0.1) is 19.8 Å². The first-order chi connectivity index (χ1) is 9.74. The van der Waals surface area contributed by atoms with Gasteiger partial charge in [-0.05, 0) is 17.7 Å². The summed E-state index contributed by atoms with van der Waals surface area (Å²) in [4.78, 5) is 8.14. The molecule has 0 bridgehead atoms. The molecule has 20 heavy (non-hydrogen) atoms. The molecule has 0 radical (unpaired) electrons. The van der Waals surface area contributed by atoms with E-state index in [1.54, 1.807) is 14.2 Å². The van der Waals surface area contributed by atoms with Crippen molar-refractivity contribution >= 4 is 11.6 Å². The molecule has 0 amide bonds. The van der Waals surface area contributed by atoms with Gasteiger partial charge in [-0.1, -0.05) is 23.7 Å². The molecule has 0 saturated carbocycles. The molecule has 2 aromatic rings. The zero-order valence-corrected chi connectivity index (χ0v) is 12.1. The first kappa shape index (κ1) is 14.6. The van der Waals surface area contributed by atoms with Crippen LogP contribution in [-0.4, -0.2) is 24.2 Å². The lowest BCUT2D eigenvalue weighted by molar-refractivity contribution is 0.359. The van der Waals surface area contributed by atoms with Crippen molar-refractivity contribution in [3.63, 3.8) is 0 Å². The van der Waals surface area contributed by atoms with Crippen molar-refractivity contribution in [2.45, 2.75) is 13.1 Å². The molecule has 2 rings (SSSR count). The van der Waals surface area contributed by atoms with Gasteiger partial charge in [0.25, 0.3) is 0 Å². The van der Waals surface area contributed by atoms with Crippen molar-refractivity contribution < 1.29 is 9.47 Å². The predicted octanol–water partition coefficient (Wildman–Crippen LogP) is 2.44. The van der Waals surface area contributed by atoms with E-state index in [0.717, 1.165) is 16.1 Å². The Hall–Kier alpha value is -1.85. The summed E-state index contributed by atoms with van der Waals surface area (Å²) in [5.74, 6) is 1.02. The summed E-state index contributed by atoms with van der Waals surface area (Å²) in [5, 5.41) is 4.02. The molecule has 1 aromatic heterocycles. The molecule has 1 heterocycles. The van der Waals surface area contributed by atoms with E-state index in [-0.39, 0.29) is 0 Å². The molecule has 1 N–H and O–H groups in total. The maximum Gasteiger partial charge on any atom is 0.224 e. The summed E-state index contributed by atoms with van der Waals surface area (Å²) in [7, 11) is 3.14. The van der Waals surface area contributed by atoms with Gasteiger partial charge in [-0.2, -0.15) is 0 Å². The highest BCUT2D eigenvalue weighted by atomic mass is 35.5. The Bertz CT molecular complexity index is 556. The third-order valence-electron chi connectivity index (χ3n) is 2.77. The highest BCUT2D eigenvalue weighted by Gasteiger charge is 2.12. The smallest absolute Gasteiger partial charge is 0.224 e.